The third-order valence-corrected chi connectivity index (χ3v) is 3.68. The van der Waals surface area contributed by atoms with Crippen molar-refractivity contribution in [3.8, 4) is 23.0 Å². The summed E-state index contributed by atoms with van der Waals surface area (Å²) in [5.41, 5.74) is 1.33. The van der Waals surface area contributed by atoms with E-state index in [0.717, 1.165) is 0 Å². The van der Waals surface area contributed by atoms with Crippen molar-refractivity contribution in [2.75, 3.05) is 14.2 Å². The summed E-state index contributed by atoms with van der Waals surface area (Å²) in [7, 11) is 2.87. The summed E-state index contributed by atoms with van der Waals surface area (Å²) in [6.07, 6.45) is 5.44. The molecule has 2 aromatic rings. The van der Waals surface area contributed by atoms with E-state index >= 15 is 0 Å². The van der Waals surface area contributed by atoms with Crippen LogP contribution in [0.4, 0.5) is 0 Å². The van der Waals surface area contributed by atoms with Crippen LogP contribution in [0.15, 0.2) is 48.6 Å². The van der Waals surface area contributed by atoms with E-state index in [0.29, 0.717) is 22.6 Å². The molecule has 0 saturated carbocycles. The standard InChI is InChI=1S/C21H20O6/c1-26-20-11-14(5-9-18(20)24)3-7-16(22)13-17(23)8-4-15-6-10-19(25)21(12-15)27-2/h3-12,24-25H,13H2,1-2H3/p+1/b7-3+,8-4+. The molecular weight excluding hydrogens is 348 g/mol. The number of rotatable bonds is 8. The number of ketones is 2. The first kappa shape index (κ1) is 19.8. The third kappa shape index (κ3) is 5.74. The molecule has 0 fully saturated rings. The van der Waals surface area contributed by atoms with Gasteiger partial charge in [-0.25, -0.2) is 0 Å². The molecule has 0 unspecified atom stereocenters. The SMILES string of the molecule is COc1cc(/C=C/C(=O)CC(=O)/C=C/c2ccc(O)c(OC)c2)ccc1O.[H+]. The van der Waals surface area contributed by atoms with Gasteiger partial charge in [0.1, 0.15) is 0 Å². The predicted octanol–water partition coefficient (Wildman–Crippen LogP) is 3.48. The smallest absolute Gasteiger partial charge is 0.504 e. The van der Waals surface area contributed by atoms with E-state index in [-0.39, 0.29) is 30.9 Å². The fourth-order valence-electron chi connectivity index (χ4n) is 2.26. The van der Waals surface area contributed by atoms with Crippen LogP contribution >= 0.6 is 0 Å². The number of aromatic hydroxyl groups is 2. The van der Waals surface area contributed by atoms with Crippen molar-refractivity contribution in [1.82, 2.24) is 0 Å². The number of methoxy groups -OCH3 is 2. The van der Waals surface area contributed by atoms with Gasteiger partial charge in [-0.3, -0.25) is 9.59 Å². The van der Waals surface area contributed by atoms with E-state index in [1.165, 1.54) is 38.5 Å². The Morgan fingerprint density at radius 1 is 0.852 bits per heavy atom. The summed E-state index contributed by atoms with van der Waals surface area (Å²) >= 11 is 0. The Morgan fingerprint density at radius 2 is 1.26 bits per heavy atom. The zero-order valence-corrected chi connectivity index (χ0v) is 15.0. The quantitative estimate of drug-likeness (QED) is 0.547. The summed E-state index contributed by atoms with van der Waals surface area (Å²) in [6.45, 7) is 0. The molecule has 140 valence electrons. The van der Waals surface area contributed by atoms with Crippen LogP contribution in [-0.2, 0) is 9.59 Å². The number of carbonyl (C=O) groups excluding carboxylic acids is 2. The van der Waals surface area contributed by atoms with E-state index in [1.807, 2.05) is 0 Å². The van der Waals surface area contributed by atoms with E-state index < -0.39 is 0 Å². The van der Waals surface area contributed by atoms with Crippen molar-refractivity contribution in [3.63, 3.8) is 0 Å². The lowest BCUT2D eigenvalue weighted by Crippen LogP contribution is -2.01. The van der Waals surface area contributed by atoms with Crippen molar-refractivity contribution in [2.24, 2.45) is 0 Å². The summed E-state index contributed by atoms with van der Waals surface area (Å²) in [5.74, 6) is -0.0832. The van der Waals surface area contributed by atoms with Crippen molar-refractivity contribution in [3.05, 3.63) is 59.7 Å². The molecule has 0 aromatic heterocycles. The zero-order chi connectivity index (χ0) is 19.8. The van der Waals surface area contributed by atoms with Crippen molar-refractivity contribution < 1.29 is 30.7 Å². The molecule has 2 aromatic carbocycles. The van der Waals surface area contributed by atoms with E-state index in [4.69, 9.17) is 9.47 Å². The van der Waals surface area contributed by atoms with Crippen LogP contribution < -0.4 is 9.47 Å². The second kappa shape index (κ2) is 9.24. The van der Waals surface area contributed by atoms with Gasteiger partial charge in [-0.2, -0.15) is 0 Å². The maximum absolute atomic E-state index is 11.9. The minimum atomic E-state index is -0.347. The van der Waals surface area contributed by atoms with Gasteiger partial charge in [-0.15, -0.1) is 0 Å². The Labute approximate surface area is 158 Å². The Hall–Kier alpha value is -3.54. The molecule has 0 amide bonds. The fourth-order valence-corrected chi connectivity index (χ4v) is 2.26. The molecular formula is C21H21O6+. The number of benzene rings is 2. The number of hydrogen-bond donors (Lipinski definition) is 2. The van der Waals surface area contributed by atoms with Gasteiger partial charge < -0.3 is 19.7 Å². The summed E-state index contributed by atoms with van der Waals surface area (Å²) < 4.78 is 10.00. The fraction of sp³-hybridized carbons (Fsp3) is 0.143. The lowest BCUT2D eigenvalue weighted by molar-refractivity contribution is -0.121. The molecule has 0 aliphatic rings. The minimum Gasteiger partial charge on any atom is -0.504 e. The molecule has 6 heteroatoms. The van der Waals surface area contributed by atoms with E-state index in [9.17, 15) is 19.8 Å². The molecule has 6 nitrogen and oxygen atoms in total. The lowest BCUT2D eigenvalue weighted by Gasteiger charge is -2.03. The summed E-state index contributed by atoms with van der Waals surface area (Å²) in [4.78, 5) is 23.9. The first-order chi connectivity index (χ1) is 12.9. The number of hydrogen-bond acceptors (Lipinski definition) is 6. The number of carbonyl (C=O) groups is 2. The number of phenolic OH excluding ortho intramolecular Hbond substituents is 2. The lowest BCUT2D eigenvalue weighted by atomic mass is 10.1. The van der Waals surface area contributed by atoms with Crippen LogP contribution in [0.5, 0.6) is 23.0 Å². The zero-order valence-electron chi connectivity index (χ0n) is 16.0. The highest BCUT2D eigenvalue weighted by Crippen LogP contribution is 2.27. The van der Waals surface area contributed by atoms with Gasteiger partial charge >= 0.3 is 1.43 Å². The van der Waals surface area contributed by atoms with Crippen molar-refractivity contribution in [2.45, 2.75) is 6.42 Å². The molecule has 2 N–H and O–H groups in total. The van der Waals surface area contributed by atoms with Crippen molar-refractivity contribution in [1.29, 1.82) is 0 Å². The highest BCUT2D eigenvalue weighted by atomic mass is 16.5. The van der Waals surface area contributed by atoms with Gasteiger partial charge in [0.15, 0.2) is 34.6 Å². The highest BCUT2D eigenvalue weighted by Gasteiger charge is 2.06. The minimum absolute atomic E-state index is 0. The van der Waals surface area contributed by atoms with Gasteiger partial charge in [0, 0.05) is 0 Å². The number of allylic oxidation sites excluding steroid dienone is 2. The summed E-state index contributed by atoms with van der Waals surface area (Å²) in [6, 6.07) is 9.34. The second-order valence-electron chi connectivity index (χ2n) is 5.64. The van der Waals surface area contributed by atoms with Crippen molar-refractivity contribution >= 4 is 23.7 Å². The normalized spacial score (nSPS) is 11.0. The number of ether oxygens (including phenoxy) is 2. The predicted molar refractivity (Wildman–Crippen MR) is 103 cm³/mol. The molecule has 0 heterocycles. The Kier molecular flexibility index (Phi) is 6.77. The Morgan fingerprint density at radius 3 is 1.63 bits per heavy atom. The van der Waals surface area contributed by atoms with Crippen LogP contribution in [-0.4, -0.2) is 36.0 Å². The van der Waals surface area contributed by atoms with Crippen LogP contribution in [0.1, 0.15) is 19.0 Å². The monoisotopic (exact) mass is 369 g/mol. The molecule has 27 heavy (non-hydrogen) atoms. The maximum atomic E-state index is 11.9. The molecule has 0 spiro atoms. The van der Waals surface area contributed by atoms with E-state index in [1.54, 1.807) is 36.4 Å². The van der Waals surface area contributed by atoms with E-state index in [2.05, 4.69) is 0 Å². The van der Waals surface area contributed by atoms with Gasteiger partial charge in [-0.1, -0.05) is 24.3 Å². The third-order valence-electron chi connectivity index (χ3n) is 3.68. The molecule has 0 saturated heterocycles. The molecule has 0 aliphatic heterocycles. The summed E-state index contributed by atoms with van der Waals surface area (Å²) in [5, 5.41) is 19.1. The highest BCUT2D eigenvalue weighted by molar-refractivity contribution is 6.10. The van der Waals surface area contributed by atoms with Gasteiger partial charge in [-0.05, 0) is 47.5 Å². The molecule has 0 atom stereocenters. The molecule has 2 rings (SSSR count). The average Bonchev–Trinajstić information content (AvgIpc) is 2.66. The van der Waals surface area contributed by atoms with Gasteiger partial charge in [0.2, 0.25) is 0 Å². The van der Waals surface area contributed by atoms with Crippen LogP contribution in [0.25, 0.3) is 12.2 Å². The average molecular weight is 369 g/mol. The first-order valence-corrected chi connectivity index (χ1v) is 8.08. The molecule has 0 bridgehead atoms. The van der Waals surface area contributed by atoms with Crippen LogP contribution in [0.3, 0.4) is 0 Å². The topological polar surface area (TPSA) is 93.1 Å². The maximum Gasteiger partial charge on any atom is 1.00 e. The Balaban J connectivity index is 0.00000392. The largest absolute Gasteiger partial charge is 1.00 e. The second-order valence-corrected chi connectivity index (χ2v) is 5.64. The van der Waals surface area contributed by atoms with Gasteiger partial charge in [0.05, 0.1) is 20.6 Å². The number of phenols is 2. The van der Waals surface area contributed by atoms with Gasteiger partial charge in [0.25, 0.3) is 0 Å². The van der Waals surface area contributed by atoms with Crippen LogP contribution in [0.2, 0.25) is 0 Å². The Bertz CT molecular complexity index is 828. The molecule has 0 radical (unpaired) electrons. The van der Waals surface area contributed by atoms with Crippen LogP contribution in [0, 0.1) is 0 Å². The molecule has 0 aliphatic carbocycles. The first-order valence-electron chi connectivity index (χ1n) is 8.08.